The molecule has 0 saturated heterocycles. The minimum absolute atomic E-state index is 0.173. The van der Waals surface area contributed by atoms with Crippen LogP contribution in [-0.4, -0.2) is 26.3 Å². The first-order valence-corrected chi connectivity index (χ1v) is 7.14. The summed E-state index contributed by atoms with van der Waals surface area (Å²) in [6.45, 7) is 0. The molecular weight excluding hydrogens is 309 g/mol. The quantitative estimate of drug-likeness (QED) is 0.911. The van der Waals surface area contributed by atoms with Crippen LogP contribution in [0.4, 0.5) is 13.2 Å². The van der Waals surface area contributed by atoms with Crippen molar-refractivity contribution in [3.8, 4) is 0 Å². The summed E-state index contributed by atoms with van der Waals surface area (Å²) in [6.07, 6.45) is -3.38. The molecule has 23 heavy (non-hydrogen) atoms. The third-order valence-corrected chi connectivity index (χ3v) is 4.32. The van der Waals surface area contributed by atoms with E-state index in [1.54, 1.807) is 18.2 Å². The summed E-state index contributed by atoms with van der Waals surface area (Å²) in [7, 11) is 0. The van der Waals surface area contributed by atoms with Gasteiger partial charge in [-0.2, -0.15) is 13.2 Å². The molecule has 0 unspecified atom stereocenters. The smallest absolute Gasteiger partial charge is 0.393 e. The third kappa shape index (κ3) is 2.82. The number of aliphatic hydroxyl groups excluding tert-OH is 2. The standard InChI is InChI=1S/C16H15F3N2O2/c17-16(18,19)13-7-10(4-6-21-13)15(8-11(22)9-15)14(23)12-3-1-2-5-20-12/h1-7,11,14,22-23H,8-9H2/t11-,14-,15-/m1/s1. The molecular formula is C16H15F3N2O2. The first-order chi connectivity index (χ1) is 10.8. The van der Waals surface area contributed by atoms with Gasteiger partial charge in [-0.1, -0.05) is 6.07 Å². The van der Waals surface area contributed by atoms with Gasteiger partial charge in [0.1, 0.15) is 11.8 Å². The lowest BCUT2D eigenvalue weighted by Crippen LogP contribution is -2.49. The fourth-order valence-electron chi connectivity index (χ4n) is 3.11. The van der Waals surface area contributed by atoms with Crippen molar-refractivity contribution in [3.05, 3.63) is 59.7 Å². The zero-order chi connectivity index (χ0) is 16.7. The number of hydrogen-bond donors (Lipinski definition) is 2. The van der Waals surface area contributed by atoms with Gasteiger partial charge in [0.15, 0.2) is 0 Å². The summed E-state index contributed by atoms with van der Waals surface area (Å²) < 4.78 is 38.7. The maximum atomic E-state index is 12.9. The number of aromatic nitrogens is 2. The van der Waals surface area contributed by atoms with Gasteiger partial charge < -0.3 is 10.2 Å². The summed E-state index contributed by atoms with van der Waals surface area (Å²) in [5.74, 6) is 0. The predicted octanol–water partition coefficient (Wildman–Crippen LogP) is 2.62. The van der Waals surface area contributed by atoms with Crippen LogP contribution in [0, 0.1) is 0 Å². The Hall–Kier alpha value is -1.99. The largest absolute Gasteiger partial charge is 0.433 e. The van der Waals surface area contributed by atoms with E-state index in [1.165, 1.54) is 12.3 Å². The van der Waals surface area contributed by atoms with Crippen LogP contribution in [0.15, 0.2) is 42.7 Å². The number of nitrogens with zero attached hydrogens (tertiary/aromatic N) is 2. The van der Waals surface area contributed by atoms with Gasteiger partial charge in [-0.05, 0) is 42.7 Å². The Labute approximate surface area is 130 Å². The molecule has 122 valence electrons. The molecule has 2 heterocycles. The van der Waals surface area contributed by atoms with E-state index in [0.717, 1.165) is 12.3 Å². The van der Waals surface area contributed by atoms with Crippen LogP contribution in [0.5, 0.6) is 0 Å². The van der Waals surface area contributed by atoms with Gasteiger partial charge in [0.05, 0.1) is 11.8 Å². The number of hydrogen-bond acceptors (Lipinski definition) is 4. The van der Waals surface area contributed by atoms with E-state index in [0.29, 0.717) is 11.3 Å². The molecule has 0 aliphatic heterocycles. The van der Waals surface area contributed by atoms with Gasteiger partial charge in [-0.25, -0.2) is 0 Å². The number of aliphatic hydroxyl groups is 2. The Bertz CT molecular complexity index is 685. The van der Waals surface area contributed by atoms with Crippen LogP contribution in [0.25, 0.3) is 0 Å². The van der Waals surface area contributed by atoms with Crippen molar-refractivity contribution in [3.63, 3.8) is 0 Å². The molecule has 1 aliphatic rings. The predicted molar refractivity (Wildman–Crippen MR) is 75.4 cm³/mol. The van der Waals surface area contributed by atoms with Crippen LogP contribution >= 0.6 is 0 Å². The average molecular weight is 324 g/mol. The van der Waals surface area contributed by atoms with Gasteiger partial charge in [-0.3, -0.25) is 9.97 Å². The van der Waals surface area contributed by atoms with E-state index in [1.807, 2.05) is 0 Å². The highest BCUT2D eigenvalue weighted by Gasteiger charge is 2.51. The Balaban J connectivity index is 2.02. The lowest BCUT2D eigenvalue weighted by atomic mass is 9.59. The van der Waals surface area contributed by atoms with E-state index in [-0.39, 0.29) is 12.8 Å². The van der Waals surface area contributed by atoms with E-state index in [2.05, 4.69) is 9.97 Å². The van der Waals surface area contributed by atoms with Crippen molar-refractivity contribution < 1.29 is 23.4 Å². The van der Waals surface area contributed by atoms with Crippen LogP contribution in [0.1, 0.15) is 35.9 Å². The first kappa shape index (κ1) is 15.9. The second-order valence-corrected chi connectivity index (χ2v) is 5.80. The van der Waals surface area contributed by atoms with Gasteiger partial charge >= 0.3 is 6.18 Å². The monoisotopic (exact) mass is 324 g/mol. The fraction of sp³-hybridized carbons (Fsp3) is 0.375. The number of pyridine rings is 2. The van der Waals surface area contributed by atoms with Gasteiger partial charge in [0, 0.05) is 17.8 Å². The Morgan fingerprint density at radius 3 is 2.43 bits per heavy atom. The second-order valence-electron chi connectivity index (χ2n) is 5.80. The number of alkyl halides is 3. The van der Waals surface area contributed by atoms with Crippen molar-refractivity contribution in [2.45, 2.75) is 36.6 Å². The summed E-state index contributed by atoms with van der Waals surface area (Å²) in [6, 6.07) is 7.39. The Morgan fingerprint density at radius 2 is 1.87 bits per heavy atom. The normalized spacial score (nSPS) is 25.7. The summed E-state index contributed by atoms with van der Waals surface area (Å²) in [5.41, 5.74) is -1.33. The van der Waals surface area contributed by atoms with Crippen molar-refractivity contribution in [1.29, 1.82) is 0 Å². The SMILES string of the molecule is O[C@H](c1ccccn1)[C@]1(c2ccnc(C(F)(F)F)c2)C[C@@H](O)C1. The molecule has 2 aromatic rings. The second kappa shape index (κ2) is 5.58. The highest BCUT2D eigenvalue weighted by molar-refractivity contribution is 5.34. The molecule has 0 aromatic carbocycles. The number of halogens is 3. The molecule has 0 radical (unpaired) electrons. The van der Waals surface area contributed by atoms with Crippen LogP contribution in [-0.2, 0) is 11.6 Å². The van der Waals surface area contributed by atoms with Crippen LogP contribution in [0.2, 0.25) is 0 Å². The number of rotatable bonds is 3. The molecule has 2 N–H and O–H groups in total. The van der Waals surface area contributed by atoms with E-state index < -0.39 is 29.5 Å². The molecule has 1 saturated carbocycles. The lowest BCUT2D eigenvalue weighted by molar-refractivity contribution is -0.141. The molecule has 4 nitrogen and oxygen atoms in total. The van der Waals surface area contributed by atoms with Gasteiger partial charge in [-0.15, -0.1) is 0 Å². The highest BCUT2D eigenvalue weighted by atomic mass is 19.4. The molecule has 1 atom stereocenters. The molecule has 1 fully saturated rings. The molecule has 3 rings (SSSR count). The average Bonchev–Trinajstić information content (AvgIpc) is 2.51. The van der Waals surface area contributed by atoms with Crippen LogP contribution in [0.3, 0.4) is 0 Å². The van der Waals surface area contributed by atoms with E-state index in [9.17, 15) is 23.4 Å². The zero-order valence-corrected chi connectivity index (χ0v) is 12.0. The maximum Gasteiger partial charge on any atom is 0.433 e. The minimum Gasteiger partial charge on any atom is -0.393 e. The fourth-order valence-corrected chi connectivity index (χ4v) is 3.11. The van der Waals surface area contributed by atoms with Crippen molar-refractivity contribution in [2.75, 3.05) is 0 Å². The minimum atomic E-state index is -4.56. The van der Waals surface area contributed by atoms with Crippen molar-refractivity contribution >= 4 is 0 Å². The highest BCUT2D eigenvalue weighted by Crippen LogP contribution is 2.52. The molecule has 7 heteroatoms. The maximum absolute atomic E-state index is 12.9. The first-order valence-electron chi connectivity index (χ1n) is 7.14. The Morgan fingerprint density at radius 1 is 1.13 bits per heavy atom. The van der Waals surface area contributed by atoms with Crippen molar-refractivity contribution in [1.82, 2.24) is 9.97 Å². The van der Waals surface area contributed by atoms with Crippen LogP contribution < -0.4 is 0 Å². The molecule has 0 amide bonds. The summed E-state index contributed by atoms with van der Waals surface area (Å²) in [5, 5.41) is 20.4. The summed E-state index contributed by atoms with van der Waals surface area (Å²) >= 11 is 0. The van der Waals surface area contributed by atoms with Crippen molar-refractivity contribution in [2.24, 2.45) is 0 Å². The van der Waals surface area contributed by atoms with Gasteiger partial charge in [0.2, 0.25) is 0 Å². The molecule has 0 bridgehead atoms. The zero-order valence-electron chi connectivity index (χ0n) is 12.0. The lowest BCUT2D eigenvalue weighted by Gasteiger charge is -2.48. The molecule has 1 aliphatic carbocycles. The third-order valence-electron chi connectivity index (χ3n) is 4.32. The summed E-state index contributed by atoms with van der Waals surface area (Å²) in [4.78, 5) is 7.43. The van der Waals surface area contributed by atoms with Gasteiger partial charge in [0.25, 0.3) is 0 Å². The van der Waals surface area contributed by atoms with E-state index in [4.69, 9.17) is 0 Å². The Kier molecular flexibility index (Phi) is 3.85. The molecule has 0 spiro atoms. The topological polar surface area (TPSA) is 66.2 Å². The van der Waals surface area contributed by atoms with E-state index >= 15 is 0 Å². The molecule has 2 aromatic heterocycles.